The monoisotopic (exact) mass is 406 g/mol. The van der Waals surface area contributed by atoms with Gasteiger partial charge in [0.25, 0.3) is 5.91 Å². The first-order chi connectivity index (χ1) is 14.1. The lowest BCUT2D eigenvalue weighted by atomic mass is 9.84. The first-order valence-electron chi connectivity index (χ1n) is 11.3. The minimum Gasteiger partial charge on any atom is -0.378 e. The average Bonchev–Trinajstić information content (AvgIpc) is 2.96. The summed E-state index contributed by atoms with van der Waals surface area (Å²) in [7, 11) is 0. The Labute approximate surface area is 172 Å². The van der Waals surface area contributed by atoms with Crippen LogP contribution < -0.4 is 5.32 Å². The Morgan fingerprint density at radius 2 is 1.69 bits per heavy atom. The van der Waals surface area contributed by atoms with Gasteiger partial charge in [-0.25, -0.2) is 9.69 Å². The number of nitrogens with zero attached hydrogens (tertiary/aromatic N) is 3. The number of imide groups is 1. The van der Waals surface area contributed by atoms with E-state index >= 15 is 0 Å². The third-order valence-electron chi connectivity index (χ3n) is 6.97. The topological polar surface area (TPSA) is 82.2 Å². The van der Waals surface area contributed by atoms with Crippen LogP contribution >= 0.6 is 0 Å². The van der Waals surface area contributed by atoms with E-state index < -0.39 is 5.54 Å². The van der Waals surface area contributed by atoms with Crippen LogP contribution in [-0.2, 0) is 14.3 Å². The van der Waals surface area contributed by atoms with Crippen LogP contribution in [0.5, 0.6) is 0 Å². The molecule has 0 bridgehead atoms. The van der Waals surface area contributed by atoms with E-state index in [1.54, 1.807) is 0 Å². The number of piperidine rings is 1. The predicted octanol–water partition coefficient (Wildman–Crippen LogP) is 1.55. The molecule has 0 unspecified atom stereocenters. The summed E-state index contributed by atoms with van der Waals surface area (Å²) in [5.41, 5.74) is -0.698. The van der Waals surface area contributed by atoms with Gasteiger partial charge in [-0.05, 0) is 32.2 Å². The van der Waals surface area contributed by atoms with Crippen LogP contribution in [0.4, 0.5) is 4.79 Å². The Hall–Kier alpha value is -1.67. The minimum absolute atomic E-state index is 0.0574. The van der Waals surface area contributed by atoms with Gasteiger partial charge in [0, 0.05) is 19.6 Å². The van der Waals surface area contributed by atoms with Gasteiger partial charge in [-0.3, -0.25) is 14.5 Å². The van der Waals surface area contributed by atoms with E-state index in [9.17, 15) is 14.4 Å². The number of carbonyl (C=O) groups excluding carboxylic acids is 3. The van der Waals surface area contributed by atoms with E-state index in [0.717, 1.165) is 57.9 Å². The maximum absolute atomic E-state index is 13.2. The van der Waals surface area contributed by atoms with Gasteiger partial charge in [-0.1, -0.05) is 32.1 Å². The molecule has 3 heterocycles. The fourth-order valence-electron chi connectivity index (χ4n) is 5.28. The number of nitrogens with one attached hydrogen (secondary N) is 1. The summed E-state index contributed by atoms with van der Waals surface area (Å²) in [6, 6.07) is -0.266. The highest BCUT2D eigenvalue weighted by atomic mass is 16.5. The molecule has 1 saturated carbocycles. The smallest absolute Gasteiger partial charge is 0.326 e. The van der Waals surface area contributed by atoms with Crippen molar-refractivity contribution in [3.8, 4) is 0 Å². The third-order valence-corrected chi connectivity index (χ3v) is 6.97. The van der Waals surface area contributed by atoms with Crippen molar-refractivity contribution >= 4 is 17.8 Å². The van der Waals surface area contributed by atoms with E-state index in [1.165, 1.54) is 11.3 Å². The lowest BCUT2D eigenvalue weighted by Crippen LogP contribution is -2.51. The molecule has 1 aliphatic carbocycles. The highest BCUT2D eigenvalue weighted by Gasteiger charge is 2.50. The van der Waals surface area contributed by atoms with Crippen molar-refractivity contribution in [2.75, 3.05) is 46.1 Å². The molecule has 8 heteroatoms. The largest absolute Gasteiger partial charge is 0.378 e. The molecule has 4 rings (SSSR count). The van der Waals surface area contributed by atoms with Crippen LogP contribution in [0.1, 0.15) is 57.8 Å². The van der Waals surface area contributed by atoms with Gasteiger partial charge in [0.05, 0.1) is 25.8 Å². The number of ether oxygens (including phenoxy) is 1. The first-order valence-corrected chi connectivity index (χ1v) is 11.3. The van der Waals surface area contributed by atoms with Crippen molar-refractivity contribution in [2.24, 2.45) is 5.92 Å². The zero-order valence-electron chi connectivity index (χ0n) is 17.4. The summed E-state index contributed by atoms with van der Waals surface area (Å²) >= 11 is 0. The molecular weight excluding hydrogens is 372 g/mol. The highest BCUT2D eigenvalue weighted by molar-refractivity contribution is 6.07. The molecule has 4 amide bonds. The standard InChI is InChI=1S/C21H34N4O4/c26-18(24-11-13-29-14-12-24)17-7-6-10-23(15-17)16-25-19(27)21(22-20(25)28)8-4-2-1-3-5-9-21/h17H,1-16H2,(H,22,28)/t17-/m0/s1. The Balaban J connectivity index is 1.37. The van der Waals surface area contributed by atoms with Gasteiger partial charge in [0.2, 0.25) is 5.91 Å². The molecule has 1 atom stereocenters. The summed E-state index contributed by atoms with van der Waals surface area (Å²) in [6.07, 6.45) is 8.71. The molecule has 8 nitrogen and oxygen atoms in total. The predicted molar refractivity (Wildman–Crippen MR) is 107 cm³/mol. The Morgan fingerprint density at radius 1 is 1.00 bits per heavy atom. The second kappa shape index (κ2) is 9.00. The molecule has 1 spiro atoms. The van der Waals surface area contributed by atoms with E-state index in [4.69, 9.17) is 4.74 Å². The molecule has 3 aliphatic heterocycles. The molecule has 0 aromatic carbocycles. The number of hydrogen-bond donors (Lipinski definition) is 1. The van der Waals surface area contributed by atoms with Crippen molar-refractivity contribution in [2.45, 2.75) is 63.3 Å². The molecular formula is C21H34N4O4. The third kappa shape index (κ3) is 4.43. The molecule has 0 radical (unpaired) electrons. The Bertz CT molecular complexity index is 626. The number of amides is 4. The van der Waals surface area contributed by atoms with Crippen molar-refractivity contribution in [3.63, 3.8) is 0 Å². The Morgan fingerprint density at radius 3 is 2.41 bits per heavy atom. The lowest BCUT2D eigenvalue weighted by molar-refractivity contribution is -0.142. The highest BCUT2D eigenvalue weighted by Crippen LogP contribution is 2.32. The van der Waals surface area contributed by atoms with Crippen molar-refractivity contribution in [1.82, 2.24) is 20.0 Å². The molecule has 0 aromatic rings. The molecule has 3 saturated heterocycles. The van der Waals surface area contributed by atoms with E-state index in [2.05, 4.69) is 10.2 Å². The number of likely N-dealkylation sites (tertiary alicyclic amines) is 1. The zero-order chi connectivity index (χ0) is 20.3. The summed E-state index contributed by atoms with van der Waals surface area (Å²) < 4.78 is 5.35. The van der Waals surface area contributed by atoms with Gasteiger partial charge in [-0.2, -0.15) is 0 Å². The maximum atomic E-state index is 13.2. The summed E-state index contributed by atoms with van der Waals surface area (Å²) in [5, 5.41) is 3.03. The van der Waals surface area contributed by atoms with Crippen LogP contribution in [0.15, 0.2) is 0 Å². The average molecular weight is 407 g/mol. The summed E-state index contributed by atoms with van der Waals surface area (Å²) in [4.78, 5) is 44.1. The number of morpholine rings is 1. The lowest BCUT2D eigenvalue weighted by Gasteiger charge is -2.37. The van der Waals surface area contributed by atoms with Crippen LogP contribution in [-0.4, -0.2) is 84.1 Å². The fourth-order valence-corrected chi connectivity index (χ4v) is 5.28. The fraction of sp³-hybridized carbons (Fsp3) is 0.857. The number of hydrogen-bond acceptors (Lipinski definition) is 5. The van der Waals surface area contributed by atoms with Crippen molar-refractivity contribution in [3.05, 3.63) is 0 Å². The minimum atomic E-state index is -0.698. The SMILES string of the molecule is O=C([C@H]1CCCN(CN2C(=O)NC3(CCCCCCC3)C2=O)C1)N1CCOCC1. The quantitative estimate of drug-likeness (QED) is 0.719. The van der Waals surface area contributed by atoms with E-state index in [1.807, 2.05) is 4.90 Å². The van der Waals surface area contributed by atoms with Gasteiger partial charge in [0.1, 0.15) is 5.54 Å². The van der Waals surface area contributed by atoms with Gasteiger partial charge >= 0.3 is 6.03 Å². The van der Waals surface area contributed by atoms with Crippen LogP contribution in [0.2, 0.25) is 0 Å². The molecule has 29 heavy (non-hydrogen) atoms. The summed E-state index contributed by atoms with van der Waals surface area (Å²) in [6.45, 7) is 4.24. The van der Waals surface area contributed by atoms with E-state index in [0.29, 0.717) is 39.5 Å². The van der Waals surface area contributed by atoms with Gasteiger partial charge < -0.3 is 15.0 Å². The second-order valence-corrected chi connectivity index (χ2v) is 9.01. The number of carbonyl (C=O) groups is 3. The van der Waals surface area contributed by atoms with Crippen LogP contribution in [0, 0.1) is 5.92 Å². The van der Waals surface area contributed by atoms with Crippen LogP contribution in [0.25, 0.3) is 0 Å². The summed E-state index contributed by atoms with van der Waals surface area (Å²) in [5.74, 6) is 0.0655. The zero-order valence-corrected chi connectivity index (χ0v) is 17.4. The van der Waals surface area contributed by atoms with Gasteiger partial charge in [0.15, 0.2) is 0 Å². The molecule has 4 fully saturated rings. The van der Waals surface area contributed by atoms with Crippen LogP contribution in [0.3, 0.4) is 0 Å². The van der Waals surface area contributed by atoms with Gasteiger partial charge in [-0.15, -0.1) is 0 Å². The number of rotatable bonds is 3. The second-order valence-electron chi connectivity index (χ2n) is 9.01. The van der Waals surface area contributed by atoms with Crippen molar-refractivity contribution in [1.29, 1.82) is 0 Å². The molecule has 0 aromatic heterocycles. The first kappa shape index (κ1) is 20.6. The molecule has 1 N–H and O–H groups in total. The normalized spacial score (nSPS) is 28.9. The molecule has 4 aliphatic rings. The Kier molecular flexibility index (Phi) is 6.39. The molecule has 162 valence electrons. The van der Waals surface area contributed by atoms with Crippen molar-refractivity contribution < 1.29 is 19.1 Å². The maximum Gasteiger partial charge on any atom is 0.326 e. The number of urea groups is 1. The van der Waals surface area contributed by atoms with E-state index in [-0.39, 0.29) is 23.8 Å².